The molecule has 0 saturated carbocycles. The summed E-state index contributed by atoms with van der Waals surface area (Å²) in [5, 5.41) is 8.70. The number of carbonyl (C=O) groups excluding carboxylic acids is 1. The highest BCUT2D eigenvalue weighted by molar-refractivity contribution is 5.74. The van der Waals surface area contributed by atoms with E-state index in [0.29, 0.717) is 13.2 Å². The van der Waals surface area contributed by atoms with Gasteiger partial charge in [0.05, 0.1) is 25.0 Å². The summed E-state index contributed by atoms with van der Waals surface area (Å²) in [5.41, 5.74) is 0. The Morgan fingerprint density at radius 2 is 1.82 bits per heavy atom. The molecule has 6 heteroatoms. The standard InChI is InChI=1S/C11H20O6/c1-8(10(12)13)6-9(2)11(14)17-7-16-5-4-15-3/h8-9H,4-7H2,1-3H3,(H,12,13)/t8-,9-/m1/s1. The van der Waals surface area contributed by atoms with E-state index < -0.39 is 23.8 Å². The Labute approximate surface area is 101 Å². The third kappa shape index (κ3) is 7.70. The van der Waals surface area contributed by atoms with Crippen molar-refractivity contribution in [2.45, 2.75) is 20.3 Å². The van der Waals surface area contributed by atoms with E-state index in [1.807, 2.05) is 0 Å². The first-order valence-corrected chi connectivity index (χ1v) is 5.45. The van der Waals surface area contributed by atoms with Crippen LogP contribution in [0.15, 0.2) is 0 Å². The number of methoxy groups -OCH3 is 1. The van der Waals surface area contributed by atoms with Crippen molar-refractivity contribution in [2.24, 2.45) is 11.8 Å². The molecule has 0 aliphatic rings. The number of esters is 1. The lowest BCUT2D eigenvalue weighted by Gasteiger charge is -2.13. The van der Waals surface area contributed by atoms with Gasteiger partial charge in [-0.1, -0.05) is 13.8 Å². The van der Waals surface area contributed by atoms with Gasteiger partial charge in [-0.2, -0.15) is 0 Å². The SMILES string of the molecule is COCCOCOC(=O)[C@H](C)C[C@@H](C)C(=O)O. The van der Waals surface area contributed by atoms with Gasteiger partial charge < -0.3 is 19.3 Å². The Morgan fingerprint density at radius 1 is 1.18 bits per heavy atom. The summed E-state index contributed by atoms with van der Waals surface area (Å²) in [7, 11) is 1.55. The van der Waals surface area contributed by atoms with Crippen molar-refractivity contribution in [2.75, 3.05) is 27.1 Å². The molecule has 0 unspecified atom stereocenters. The van der Waals surface area contributed by atoms with Crippen LogP contribution in [0, 0.1) is 11.8 Å². The van der Waals surface area contributed by atoms with Gasteiger partial charge in [0.2, 0.25) is 0 Å². The number of rotatable bonds is 9. The number of aliphatic carboxylic acids is 1. The normalized spacial score (nSPS) is 14.1. The molecule has 0 rings (SSSR count). The first-order valence-electron chi connectivity index (χ1n) is 5.45. The quantitative estimate of drug-likeness (QED) is 0.371. The van der Waals surface area contributed by atoms with E-state index >= 15 is 0 Å². The summed E-state index contributed by atoms with van der Waals surface area (Å²) in [6.45, 7) is 3.85. The molecule has 0 radical (unpaired) electrons. The highest BCUT2D eigenvalue weighted by atomic mass is 16.7. The molecule has 2 atom stereocenters. The van der Waals surface area contributed by atoms with Crippen LogP contribution >= 0.6 is 0 Å². The molecular weight excluding hydrogens is 228 g/mol. The largest absolute Gasteiger partial charge is 0.481 e. The lowest BCUT2D eigenvalue weighted by molar-refractivity contribution is -0.162. The van der Waals surface area contributed by atoms with Crippen molar-refractivity contribution in [3.63, 3.8) is 0 Å². The van der Waals surface area contributed by atoms with Crippen molar-refractivity contribution < 1.29 is 28.9 Å². The van der Waals surface area contributed by atoms with Gasteiger partial charge in [0.15, 0.2) is 6.79 Å². The van der Waals surface area contributed by atoms with Gasteiger partial charge in [-0.25, -0.2) is 0 Å². The van der Waals surface area contributed by atoms with Gasteiger partial charge in [-0.05, 0) is 6.42 Å². The molecule has 6 nitrogen and oxygen atoms in total. The van der Waals surface area contributed by atoms with E-state index in [1.165, 1.54) is 0 Å². The van der Waals surface area contributed by atoms with Crippen LogP contribution in [-0.2, 0) is 23.8 Å². The molecule has 0 aliphatic carbocycles. The molecule has 0 aromatic rings. The number of carboxylic acids is 1. The number of hydrogen-bond acceptors (Lipinski definition) is 5. The van der Waals surface area contributed by atoms with E-state index in [1.54, 1.807) is 21.0 Å². The van der Waals surface area contributed by atoms with Crippen LogP contribution in [-0.4, -0.2) is 44.2 Å². The van der Waals surface area contributed by atoms with E-state index in [9.17, 15) is 9.59 Å². The maximum atomic E-state index is 11.4. The second-order valence-corrected chi connectivity index (χ2v) is 3.86. The van der Waals surface area contributed by atoms with Gasteiger partial charge in [-0.3, -0.25) is 9.59 Å². The summed E-state index contributed by atoms with van der Waals surface area (Å²) in [6.07, 6.45) is 0.256. The molecule has 0 aromatic carbocycles. The minimum atomic E-state index is -0.916. The van der Waals surface area contributed by atoms with Crippen molar-refractivity contribution in [1.82, 2.24) is 0 Å². The first-order chi connectivity index (χ1) is 7.99. The number of ether oxygens (including phenoxy) is 3. The zero-order valence-electron chi connectivity index (χ0n) is 10.5. The number of carbonyl (C=O) groups is 2. The van der Waals surface area contributed by atoms with Gasteiger partial charge in [-0.15, -0.1) is 0 Å². The molecular formula is C11H20O6. The average molecular weight is 248 g/mol. The van der Waals surface area contributed by atoms with Crippen molar-refractivity contribution >= 4 is 11.9 Å². The maximum absolute atomic E-state index is 11.4. The lowest BCUT2D eigenvalue weighted by atomic mass is 9.98. The van der Waals surface area contributed by atoms with Crippen molar-refractivity contribution in [3.05, 3.63) is 0 Å². The Morgan fingerprint density at radius 3 is 2.35 bits per heavy atom. The molecule has 0 spiro atoms. The molecule has 0 saturated heterocycles. The predicted molar refractivity (Wildman–Crippen MR) is 59.4 cm³/mol. The van der Waals surface area contributed by atoms with Crippen molar-refractivity contribution in [1.29, 1.82) is 0 Å². The topological polar surface area (TPSA) is 82.1 Å². The fraction of sp³-hybridized carbons (Fsp3) is 0.818. The summed E-state index contributed by atoms with van der Waals surface area (Å²) >= 11 is 0. The average Bonchev–Trinajstić information content (AvgIpc) is 2.28. The number of hydrogen-bond donors (Lipinski definition) is 1. The zero-order valence-corrected chi connectivity index (χ0v) is 10.5. The third-order valence-electron chi connectivity index (χ3n) is 2.25. The smallest absolute Gasteiger partial charge is 0.310 e. The second-order valence-electron chi connectivity index (χ2n) is 3.86. The highest BCUT2D eigenvalue weighted by Gasteiger charge is 2.21. The predicted octanol–water partition coefficient (Wildman–Crippen LogP) is 0.897. The van der Waals surface area contributed by atoms with E-state index in [-0.39, 0.29) is 13.2 Å². The summed E-state index contributed by atoms with van der Waals surface area (Å²) in [5.74, 6) is -2.38. The van der Waals surface area contributed by atoms with Gasteiger partial charge in [0.25, 0.3) is 0 Å². The number of carboxylic acid groups (broad SMARTS) is 1. The molecule has 100 valence electrons. The van der Waals surface area contributed by atoms with Crippen molar-refractivity contribution in [3.8, 4) is 0 Å². The molecule has 0 bridgehead atoms. The van der Waals surface area contributed by atoms with E-state index in [2.05, 4.69) is 0 Å². The van der Waals surface area contributed by atoms with Crippen LogP contribution < -0.4 is 0 Å². The maximum Gasteiger partial charge on any atom is 0.310 e. The molecule has 0 aromatic heterocycles. The van der Waals surface area contributed by atoms with E-state index in [0.717, 1.165) is 0 Å². The fourth-order valence-electron chi connectivity index (χ4n) is 1.17. The molecule has 0 aliphatic heterocycles. The first kappa shape index (κ1) is 15.9. The Balaban J connectivity index is 3.71. The lowest BCUT2D eigenvalue weighted by Crippen LogP contribution is -2.22. The molecule has 17 heavy (non-hydrogen) atoms. The Bertz CT molecular complexity index is 240. The zero-order chi connectivity index (χ0) is 13.3. The molecule has 0 amide bonds. The Kier molecular flexibility index (Phi) is 8.35. The minimum absolute atomic E-state index is 0.131. The van der Waals surface area contributed by atoms with Gasteiger partial charge in [0, 0.05) is 7.11 Å². The van der Waals surface area contributed by atoms with Gasteiger partial charge >= 0.3 is 11.9 Å². The van der Waals surface area contributed by atoms with Crippen LogP contribution in [0.2, 0.25) is 0 Å². The fourth-order valence-corrected chi connectivity index (χ4v) is 1.17. The molecule has 1 N–H and O–H groups in total. The van der Waals surface area contributed by atoms with Gasteiger partial charge in [0.1, 0.15) is 0 Å². The second kappa shape index (κ2) is 8.95. The highest BCUT2D eigenvalue weighted by Crippen LogP contribution is 2.13. The van der Waals surface area contributed by atoms with Crippen LogP contribution in [0.4, 0.5) is 0 Å². The third-order valence-corrected chi connectivity index (χ3v) is 2.25. The minimum Gasteiger partial charge on any atom is -0.481 e. The summed E-state index contributed by atoms with van der Waals surface area (Å²) in [4.78, 5) is 22.0. The van der Waals surface area contributed by atoms with Crippen LogP contribution in [0.5, 0.6) is 0 Å². The Hall–Kier alpha value is -1.14. The van der Waals surface area contributed by atoms with Crippen LogP contribution in [0.25, 0.3) is 0 Å². The summed E-state index contributed by atoms with van der Waals surface area (Å²) in [6, 6.07) is 0. The van der Waals surface area contributed by atoms with E-state index in [4.69, 9.17) is 19.3 Å². The monoisotopic (exact) mass is 248 g/mol. The van der Waals surface area contributed by atoms with Crippen LogP contribution in [0.1, 0.15) is 20.3 Å². The molecule has 0 heterocycles. The van der Waals surface area contributed by atoms with Crippen LogP contribution in [0.3, 0.4) is 0 Å². The summed E-state index contributed by atoms with van der Waals surface area (Å²) < 4.78 is 14.5. The molecule has 0 fully saturated rings.